The molecule has 19 heavy (non-hydrogen) atoms. The smallest absolute Gasteiger partial charge is 0.335 e. The van der Waals surface area contributed by atoms with Crippen LogP contribution in [0.3, 0.4) is 0 Å². The molecule has 1 heterocycles. The SMILES string of the molecule is Cc1c(C)n(CC(C)CO)c2ccc(C(=O)O)cc12. The molecule has 0 saturated carbocycles. The van der Waals surface area contributed by atoms with Crippen LogP contribution in [0.15, 0.2) is 18.2 Å². The van der Waals surface area contributed by atoms with Gasteiger partial charge in [-0.25, -0.2) is 4.79 Å². The predicted octanol–water partition coefficient (Wildman–Crippen LogP) is 2.58. The molecule has 0 saturated heterocycles. The van der Waals surface area contributed by atoms with E-state index in [1.165, 1.54) is 0 Å². The van der Waals surface area contributed by atoms with Crippen LogP contribution in [0.1, 0.15) is 28.5 Å². The van der Waals surface area contributed by atoms with E-state index in [-0.39, 0.29) is 12.5 Å². The molecule has 1 unspecified atom stereocenters. The molecule has 0 aliphatic heterocycles. The fraction of sp³-hybridized carbons (Fsp3) is 0.400. The van der Waals surface area contributed by atoms with Crippen LogP contribution in [0.2, 0.25) is 0 Å². The number of nitrogens with zero attached hydrogens (tertiary/aromatic N) is 1. The number of hydrogen-bond acceptors (Lipinski definition) is 2. The summed E-state index contributed by atoms with van der Waals surface area (Å²) in [6.45, 7) is 6.90. The molecular weight excluding hydrogens is 242 g/mol. The summed E-state index contributed by atoms with van der Waals surface area (Å²) in [6, 6.07) is 5.20. The molecule has 102 valence electrons. The van der Waals surface area contributed by atoms with Crippen LogP contribution in [0, 0.1) is 19.8 Å². The Morgan fingerprint density at radius 2 is 2.05 bits per heavy atom. The van der Waals surface area contributed by atoms with Crippen molar-refractivity contribution in [2.75, 3.05) is 6.61 Å². The molecule has 4 heteroatoms. The predicted molar refractivity (Wildman–Crippen MR) is 74.6 cm³/mol. The van der Waals surface area contributed by atoms with E-state index in [4.69, 9.17) is 5.11 Å². The van der Waals surface area contributed by atoms with Crippen LogP contribution >= 0.6 is 0 Å². The van der Waals surface area contributed by atoms with Gasteiger partial charge in [0.25, 0.3) is 0 Å². The Bertz CT molecular complexity index is 628. The summed E-state index contributed by atoms with van der Waals surface area (Å²) in [6.07, 6.45) is 0. The van der Waals surface area contributed by atoms with Gasteiger partial charge in [-0.1, -0.05) is 6.92 Å². The molecule has 0 spiro atoms. The molecule has 2 N–H and O–H groups in total. The van der Waals surface area contributed by atoms with Crippen LogP contribution in [-0.2, 0) is 6.54 Å². The minimum Gasteiger partial charge on any atom is -0.478 e. The van der Waals surface area contributed by atoms with E-state index >= 15 is 0 Å². The van der Waals surface area contributed by atoms with Gasteiger partial charge in [-0.2, -0.15) is 0 Å². The maximum Gasteiger partial charge on any atom is 0.335 e. The first-order valence-electron chi connectivity index (χ1n) is 6.39. The van der Waals surface area contributed by atoms with Crippen molar-refractivity contribution >= 4 is 16.9 Å². The largest absolute Gasteiger partial charge is 0.478 e. The quantitative estimate of drug-likeness (QED) is 0.889. The molecular formula is C15H19NO3. The molecule has 2 aromatic rings. The number of carboxylic acids is 1. The number of carboxylic acid groups (broad SMARTS) is 1. The van der Waals surface area contributed by atoms with E-state index in [9.17, 15) is 9.90 Å². The number of aliphatic hydroxyl groups is 1. The van der Waals surface area contributed by atoms with E-state index in [0.29, 0.717) is 5.56 Å². The third-order valence-corrected chi connectivity index (χ3v) is 3.69. The third kappa shape index (κ3) is 2.36. The highest BCUT2D eigenvalue weighted by Crippen LogP contribution is 2.27. The zero-order chi connectivity index (χ0) is 14.2. The fourth-order valence-corrected chi connectivity index (χ4v) is 2.39. The molecule has 0 radical (unpaired) electrons. The number of aliphatic hydroxyl groups excluding tert-OH is 1. The summed E-state index contributed by atoms with van der Waals surface area (Å²) in [7, 11) is 0. The summed E-state index contributed by atoms with van der Waals surface area (Å²) in [5.74, 6) is -0.733. The maximum absolute atomic E-state index is 11.0. The van der Waals surface area contributed by atoms with Crippen LogP contribution in [0.4, 0.5) is 0 Å². The Morgan fingerprint density at radius 3 is 2.63 bits per heavy atom. The van der Waals surface area contributed by atoms with Gasteiger partial charge in [0.15, 0.2) is 0 Å². The summed E-state index contributed by atoms with van der Waals surface area (Å²) in [5, 5.41) is 19.2. The van der Waals surface area contributed by atoms with Crippen molar-refractivity contribution in [2.45, 2.75) is 27.3 Å². The first-order valence-corrected chi connectivity index (χ1v) is 6.39. The Morgan fingerprint density at radius 1 is 1.37 bits per heavy atom. The fourth-order valence-electron chi connectivity index (χ4n) is 2.39. The summed E-state index contributed by atoms with van der Waals surface area (Å²) < 4.78 is 2.15. The van der Waals surface area contributed by atoms with Gasteiger partial charge in [-0.05, 0) is 43.5 Å². The van der Waals surface area contributed by atoms with Crippen molar-refractivity contribution in [2.24, 2.45) is 5.92 Å². The van der Waals surface area contributed by atoms with Gasteiger partial charge in [0.1, 0.15) is 0 Å². The minimum atomic E-state index is -0.907. The lowest BCUT2D eigenvalue weighted by Gasteiger charge is -2.13. The van der Waals surface area contributed by atoms with Crippen molar-refractivity contribution < 1.29 is 15.0 Å². The molecule has 0 bridgehead atoms. The molecule has 2 rings (SSSR count). The second-order valence-electron chi connectivity index (χ2n) is 5.15. The van der Waals surface area contributed by atoms with Gasteiger partial charge < -0.3 is 14.8 Å². The number of benzene rings is 1. The highest BCUT2D eigenvalue weighted by Gasteiger charge is 2.14. The first kappa shape index (κ1) is 13.6. The highest BCUT2D eigenvalue weighted by atomic mass is 16.4. The number of aromatic carboxylic acids is 1. The summed E-state index contributed by atoms with van der Waals surface area (Å²) in [4.78, 5) is 11.0. The number of fused-ring (bicyclic) bond motifs is 1. The standard InChI is InChI=1S/C15H19NO3/c1-9(8-17)7-16-11(3)10(2)13-6-12(15(18)19)4-5-14(13)16/h4-6,9,17H,7-8H2,1-3H3,(H,18,19). The molecule has 0 amide bonds. The van der Waals surface area contributed by atoms with Crippen LogP contribution < -0.4 is 0 Å². The van der Waals surface area contributed by atoms with Crippen molar-refractivity contribution in [3.8, 4) is 0 Å². The van der Waals surface area contributed by atoms with Gasteiger partial charge in [0, 0.05) is 29.7 Å². The normalized spacial score (nSPS) is 12.8. The lowest BCUT2D eigenvalue weighted by molar-refractivity contribution is 0.0697. The van der Waals surface area contributed by atoms with Gasteiger partial charge in [-0.15, -0.1) is 0 Å². The van der Waals surface area contributed by atoms with Crippen molar-refractivity contribution in [1.29, 1.82) is 0 Å². The second kappa shape index (κ2) is 5.05. The van der Waals surface area contributed by atoms with Crippen molar-refractivity contribution in [3.05, 3.63) is 35.0 Å². The van der Waals surface area contributed by atoms with Gasteiger partial charge in [0.05, 0.1) is 5.56 Å². The Balaban J connectivity index is 2.60. The minimum absolute atomic E-state index is 0.144. The lowest BCUT2D eigenvalue weighted by atomic mass is 10.1. The van der Waals surface area contributed by atoms with Crippen LogP contribution in [0.25, 0.3) is 10.9 Å². The highest BCUT2D eigenvalue weighted by molar-refractivity contribution is 5.95. The summed E-state index contributed by atoms with van der Waals surface area (Å²) in [5.41, 5.74) is 3.56. The van der Waals surface area contributed by atoms with Crippen LogP contribution in [0.5, 0.6) is 0 Å². The second-order valence-corrected chi connectivity index (χ2v) is 5.15. The van der Waals surface area contributed by atoms with E-state index in [1.54, 1.807) is 12.1 Å². The lowest BCUT2D eigenvalue weighted by Crippen LogP contribution is -2.12. The van der Waals surface area contributed by atoms with Gasteiger partial charge >= 0.3 is 5.97 Å². The number of rotatable bonds is 4. The maximum atomic E-state index is 11.0. The molecule has 0 aliphatic carbocycles. The monoisotopic (exact) mass is 261 g/mol. The number of carbonyl (C=O) groups is 1. The summed E-state index contributed by atoms with van der Waals surface area (Å²) >= 11 is 0. The van der Waals surface area contributed by atoms with Crippen molar-refractivity contribution in [3.63, 3.8) is 0 Å². The van der Waals surface area contributed by atoms with E-state index < -0.39 is 5.97 Å². The molecule has 1 aromatic carbocycles. The van der Waals surface area contributed by atoms with E-state index in [2.05, 4.69) is 4.57 Å². The number of aryl methyl sites for hydroxylation is 1. The van der Waals surface area contributed by atoms with Crippen LogP contribution in [-0.4, -0.2) is 27.4 Å². The Kier molecular flexibility index (Phi) is 3.62. The zero-order valence-corrected chi connectivity index (χ0v) is 11.5. The van der Waals surface area contributed by atoms with Crippen molar-refractivity contribution in [1.82, 2.24) is 4.57 Å². The molecule has 1 aromatic heterocycles. The average Bonchev–Trinajstić information content (AvgIpc) is 2.63. The molecule has 0 aliphatic rings. The molecule has 1 atom stereocenters. The molecule has 0 fully saturated rings. The van der Waals surface area contributed by atoms with E-state index in [0.717, 1.165) is 28.7 Å². The molecule has 4 nitrogen and oxygen atoms in total. The Labute approximate surface area is 112 Å². The van der Waals surface area contributed by atoms with Gasteiger partial charge in [0.2, 0.25) is 0 Å². The number of aromatic nitrogens is 1. The zero-order valence-electron chi connectivity index (χ0n) is 11.5. The van der Waals surface area contributed by atoms with Gasteiger partial charge in [-0.3, -0.25) is 0 Å². The Hall–Kier alpha value is -1.81. The number of hydrogen-bond donors (Lipinski definition) is 2. The first-order chi connectivity index (χ1) is 8.95. The topological polar surface area (TPSA) is 62.5 Å². The van der Waals surface area contributed by atoms with E-state index in [1.807, 2.05) is 26.8 Å². The average molecular weight is 261 g/mol. The third-order valence-electron chi connectivity index (χ3n) is 3.69.